The Balaban J connectivity index is 3.21. The van der Waals surface area contributed by atoms with Crippen LogP contribution in [-0.2, 0) is 0 Å². The lowest BCUT2D eigenvalue weighted by Gasteiger charge is -2.09. The van der Waals surface area contributed by atoms with Crippen LogP contribution in [0.5, 0.6) is 0 Å². The molecule has 0 aromatic rings. The van der Waals surface area contributed by atoms with Gasteiger partial charge in [0.2, 0.25) is 0 Å². The molecule has 0 heterocycles. The lowest BCUT2D eigenvalue weighted by molar-refractivity contribution is 0.273. The first kappa shape index (κ1) is 10.5. The van der Waals surface area contributed by atoms with Crippen molar-refractivity contribution in [3.05, 3.63) is 0 Å². The highest BCUT2D eigenvalue weighted by Crippen LogP contribution is 2.13. The molecule has 0 bridgehead atoms. The van der Waals surface area contributed by atoms with Crippen LogP contribution in [0.25, 0.3) is 0 Å². The Hall–Kier alpha value is 0.540. The fourth-order valence-electron chi connectivity index (χ4n) is 0.833. The van der Waals surface area contributed by atoms with Gasteiger partial charge < -0.3 is 5.11 Å². The van der Waals surface area contributed by atoms with Crippen LogP contribution in [0.15, 0.2) is 0 Å². The molecule has 0 aliphatic carbocycles. The first-order valence-corrected chi connectivity index (χ1v) is 4.64. The van der Waals surface area contributed by atoms with Gasteiger partial charge in [-0.3, -0.25) is 0 Å². The van der Waals surface area contributed by atoms with Crippen molar-refractivity contribution >= 4 is 23.2 Å². The van der Waals surface area contributed by atoms with Gasteiger partial charge in [-0.1, -0.05) is 0 Å². The second-order valence-corrected chi connectivity index (χ2v) is 3.05. The van der Waals surface area contributed by atoms with E-state index in [0.717, 1.165) is 19.3 Å². The van der Waals surface area contributed by atoms with Gasteiger partial charge >= 0.3 is 0 Å². The summed E-state index contributed by atoms with van der Waals surface area (Å²) < 4.78 is 0. The van der Waals surface area contributed by atoms with E-state index in [1.807, 2.05) is 0 Å². The largest absolute Gasteiger partial charge is 0.396 e. The van der Waals surface area contributed by atoms with Crippen molar-refractivity contribution in [3.8, 4) is 0 Å². The molecule has 0 aliphatic rings. The number of alkyl halides is 2. The average Bonchev–Trinajstić information content (AvgIpc) is 1.98. The number of aliphatic hydroxyl groups excluding tert-OH is 1. The molecule has 0 fully saturated rings. The van der Waals surface area contributed by atoms with Crippen molar-refractivity contribution in [1.82, 2.24) is 0 Å². The van der Waals surface area contributed by atoms with Crippen molar-refractivity contribution < 1.29 is 5.11 Å². The van der Waals surface area contributed by atoms with E-state index in [1.54, 1.807) is 0 Å². The van der Waals surface area contributed by atoms with Crippen LogP contribution >= 0.6 is 23.2 Å². The third-order valence-corrected chi connectivity index (χ3v) is 2.16. The average molecular weight is 185 g/mol. The van der Waals surface area contributed by atoms with Gasteiger partial charge in [-0.2, -0.15) is 0 Å². The molecule has 0 radical (unpaired) electrons. The summed E-state index contributed by atoms with van der Waals surface area (Å²) in [5.41, 5.74) is 0. The summed E-state index contributed by atoms with van der Waals surface area (Å²) in [5.74, 6) is 1.82. The van der Waals surface area contributed by atoms with Gasteiger partial charge in [0.25, 0.3) is 0 Å². The van der Waals surface area contributed by atoms with Crippen LogP contribution in [0.3, 0.4) is 0 Å². The molecule has 0 aliphatic heterocycles. The second-order valence-electron chi connectivity index (χ2n) is 2.36. The van der Waals surface area contributed by atoms with Crippen molar-refractivity contribution in [2.45, 2.75) is 19.3 Å². The van der Waals surface area contributed by atoms with Crippen molar-refractivity contribution in [1.29, 1.82) is 0 Å². The van der Waals surface area contributed by atoms with Crippen LogP contribution in [-0.4, -0.2) is 23.5 Å². The van der Waals surface area contributed by atoms with Gasteiger partial charge in [0.1, 0.15) is 0 Å². The number of rotatable bonds is 6. The molecule has 0 saturated heterocycles. The Morgan fingerprint density at radius 3 is 2.30 bits per heavy atom. The predicted molar refractivity (Wildman–Crippen MR) is 45.9 cm³/mol. The summed E-state index contributed by atoms with van der Waals surface area (Å²) in [7, 11) is 0. The second kappa shape index (κ2) is 7.64. The van der Waals surface area contributed by atoms with Crippen molar-refractivity contribution in [2.24, 2.45) is 5.92 Å². The molecular weight excluding hydrogens is 171 g/mol. The summed E-state index contributed by atoms with van der Waals surface area (Å²) in [6.45, 7) is 0.260. The maximum atomic E-state index is 8.50. The topological polar surface area (TPSA) is 20.2 Å². The highest BCUT2D eigenvalue weighted by molar-refractivity contribution is 6.18. The Bertz CT molecular complexity index is 68.6. The molecule has 1 N–H and O–H groups in total. The quantitative estimate of drug-likeness (QED) is 0.629. The Kier molecular flexibility index (Phi) is 8.06. The van der Waals surface area contributed by atoms with E-state index >= 15 is 0 Å². The number of hydrogen-bond acceptors (Lipinski definition) is 1. The first-order valence-electron chi connectivity index (χ1n) is 3.58. The zero-order valence-corrected chi connectivity index (χ0v) is 7.53. The van der Waals surface area contributed by atoms with E-state index in [4.69, 9.17) is 28.3 Å². The van der Waals surface area contributed by atoms with Gasteiger partial charge in [-0.25, -0.2) is 0 Å². The molecule has 0 aromatic heterocycles. The van der Waals surface area contributed by atoms with Gasteiger partial charge in [0, 0.05) is 18.4 Å². The summed E-state index contributed by atoms with van der Waals surface area (Å²) in [4.78, 5) is 0. The highest BCUT2D eigenvalue weighted by atomic mass is 35.5. The van der Waals surface area contributed by atoms with Crippen LogP contribution in [0.1, 0.15) is 19.3 Å². The first-order chi connectivity index (χ1) is 4.85. The van der Waals surface area contributed by atoms with Gasteiger partial charge in [0.15, 0.2) is 0 Å². The minimum absolute atomic E-state index is 0.260. The number of aliphatic hydroxyl groups is 1. The summed E-state index contributed by atoms with van der Waals surface area (Å²) in [6.07, 6.45) is 2.80. The van der Waals surface area contributed by atoms with E-state index in [2.05, 4.69) is 0 Å². The van der Waals surface area contributed by atoms with E-state index in [-0.39, 0.29) is 6.61 Å². The monoisotopic (exact) mass is 184 g/mol. The third kappa shape index (κ3) is 5.33. The Morgan fingerprint density at radius 1 is 1.20 bits per heavy atom. The van der Waals surface area contributed by atoms with Crippen LogP contribution in [0.4, 0.5) is 0 Å². The van der Waals surface area contributed by atoms with Crippen molar-refractivity contribution in [2.75, 3.05) is 18.4 Å². The molecule has 1 unspecified atom stereocenters. The molecule has 1 atom stereocenters. The summed E-state index contributed by atoms with van der Waals surface area (Å²) in [6, 6.07) is 0. The van der Waals surface area contributed by atoms with Gasteiger partial charge in [-0.05, 0) is 25.2 Å². The van der Waals surface area contributed by atoms with E-state index in [9.17, 15) is 0 Å². The molecule has 0 rings (SSSR count). The van der Waals surface area contributed by atoms with Gasteiger partial charge in [-0.15, -0.1) is 23.2 Å². The zero-order chi connectivity index (χ0) is 7.82. The van der Waals surface area contributed by atoms with Gasteiger partial charge in [0.05, 0.1) is 0 Å². The number of halogens is 2. The Labute approximate surface area is 72.3 Å². The zero-order valence-electron chi connectivity index (χ0n) is 6.02. The third-order valence-electron chi connectivity index (χ3n) is 1.51. The highest BCUT2D eigenvalue weighted by Gasteiger charge is 2.04. The molecule has 0 amide bonds. The standard InChI is InChI=1S/C7H14Cl2O/c8-4-3-7(6-9)2-1-5-10/h7,10H,1-6H2. The summed E-state index contributed by atoms with van der Waals surface area (Å²) in [5, 5.41) is 8.50. The fourth-order valence-corrected chi connectivity index (χ4v) is 1.45. The smallest absolute Gasteiger partial charge is 0.0431 e. The molecule has 0 aromatic carbocycles. The van der Waals surface area contributed by atoms with Crippen LogP contribution in [0, 0.1) is 5.92 Å². The maximum Gasteiger partial charge on any atom is 0.0431 e. The molecule has 0 spiro atoms. The number of hydrogen-bond donors (Lipinski definition) is 1. The maximum absolute atomic E-state index is 8.50. The van der Waals surface area contributed by atoms with Crippen molar-refractivity contribution in [3.63, 3.8) is 0 Å². The fraction of sp³-hybridized carbons (Fsp3) is 1.00. The lowest BCUT2D eigenvalue weighted by atomic mass is 10.0. The minimum Gasteiger partial charge on any atom is -0.396 e. The molecule has 3 heteroatoms. The normalized spacial score (nSPS) is 13.5. The van der Waals surface area contributed by atoms with E-state index < -0.39 is 0 Å². The molecule has 1 nitrogen and oxygen atoms in total. The SMILES string of the molecule is OCCCC(CCl)CCCl. The molecule has 10 heavy (non-hydrogen) atoms. The van der Waals surface area contributed by atoms with E-state index in [0.29, 0.717) is 17.7 Å². The van der Waals surface area contributed by atoms with Crippen LogP contribution in [0.2, 0.25) is 0 Å². The lowest BCUT2D eigenvalue weighted by Crippen LogP contribution is -2.03. The Morgan fingerprint density at radius 2 is 1.90 bits per heavy atom. The molecule has 0 saturated carbocycles. The molecule has 62 valence electrons. The summed E-state index contributed by atoms with van der Waals surface area (Å²) >= 11 is 11.2. The van der Waals surface area contributed by atoms with E-state index in [1.165, 1.54) is 0 Å². The minimum atomic E-state index is 0.260. The molecular formula is C7H14Cl2O. The van der Waals surface area contributed by atoms with Crippen LogP contribution < -0.4 is 0 Å². The predicted octanol–water partition coefficient (Wildman–Crippen LogP) is 2.24.